The Morgan fingerprint density at radius 3 is 2.32 bits per heavy atom. The van der Waals surface area contributed by atoms with Crippen LogP contribution < -0.4 is 0 Å². The fraction of sp³-hybridized carbons (Fsp3) is 0.235. The van der Waals surface area contributed by atoms with E-state index >= 15 is 0 Å². The Morgan fingerprint density at radius 2 is 1.68 bits per heavy atom. The summed E-state index contributed by atoms with van der Waals surface area (Å²) < 4.78 is 0. The first-order chi connectivity index (χ1) is 16.3. The Balaban J connectivity index is 2.42. The summed E-state index contributed by atoms with van der Waals surface area (Å²) in [4.78, 5) is 0. The van der Waals surface area contributed by atoms with Gasteiger partial charge in [0, 0.05) is 11.3 Å². The van der Waals surface area contributed by atoms with Gasteiger partial charge in [-0.3, -0.25) is 0 Å². The summed E-state index contributed by atoms with van der Waals surface area (Å²) in [7, 11) is 0. The van der Waals surface area contributed by atoms with Crippen LogP contribution in [0.1, 0.15) is 62.8 Å². The van der Waals surface area contributed by atoms with Crippen molar-refractivity contribution in [2.75, 3.05) is 0 Å². The van der Waals surface area contributed by atoms with Crippen molar-refractivity contribution in [2.24, 2.45) is 5.92 Å². The van der Waals surface area contributed by atoms with Crippen LogP contribution in [0.3, 0.4) is 0 Å². The standard InChI is InChI=1S/C34H38/c1-9-11-20-32(30(16-10-2)26(6)24(3)4)34(8)23-22-25(5)28-17-12-13-18-29(28)27(7)31-19-14-15-21-33(31)34/h9-23,25,32H,1,3,7H2,2,4-6,8H3/b16-10-,20-11+,23-22?,30-26-/t25?,32-,34?/m0/s1. The van der Waals surface area contributed by atoms with Crippen LogP contribution in [0.5, 0.6) is 0 Å². The first-order valence-electron chi connectivity index (χ1n) is 12.1. The van der Waals surface area contributed by atoms with Crippen molar-refractivity contribution in [1.29, 1.82) is 0 Å². The zero-order valence-corrected chi connectivity index (χ0v) is 21.4. The molecule has 0 saturated carbocycles. The molecule has 1 aliphatic carbocycles. The molecule has 0 fully saturated rings. The lowest BCUT2D eigenvalue weighted by atomic mass is 9.65. The number of benzene rings is 2. The molecule has 1 aliphatic rings. The molecule has 0 radical (unpaired) electrons. The van der Waals surface area contributed by atoms with Crippen LogP contribution in [0.2, 0.25) is 0 Å². The molecule has 2 aromatic carbocycles. The molecular weight excluding hydrogens is 408 g/mol. The van der Waals surface area contributed by atoms with Gasteiger partial charge in [-0.05, 0) is 65.7 Å². The van der Waals surface area contributed by atoms with Crippen LogP contribution in [0.25, 0.3) is 5.57 Å². The molecule has 0 heterocycles. The van der Waals surface area contributed by atoms with E-state index in [0.29, 0.717) is 0 Å². The minimum Gasteiger partial charge on any atom is -0.0991 e. The largest absolute Gasteiger partial charge is 0.0991 e. The van der Waals surface area contributed by atoms with Crippen LogP contribution in [-0.2, 0) is 5.41 Å². The van der Waals surface area contributed by atoms with Crippen molar-refractivity contribution in [3.8, 4) is 0 Å². The van der Waals surface area contributed by atoms with Crippen molar-refractivity contribution in [3.63, 3.8) is 0 Å². The number of allylic oxidation sites excluding steroid dienone is 10. The Labute approximate surface area is 207 Å². The highest BCUT2D eigenvalue weighted by Crippen LogP contribution is 2.46. The van der Waals surface area contributed by atoms with E-state index in [9.17, 15) is 0 Å². The predicted octanol–water partition coefficient (Wildman–Crippen LogP) is 9.51. The molecule has 0 aromatic heterocycles. The maximum Gasteiger partial charge on any atom is 0.0213 e. The van der Waals surface area contributed by atoms with Gasteiger partial charge >= 0.3 is 0 Å². The van der Waals surface area contributed by atoms with Crippen LogP contribution in [0.4, 0.5) is 0 Å². The first-order valence-corrected chi connectivity index (χ1v) is 12.1. The van der Waals surface area contributed by atoms with Crippen LogP contribution in [0, 0.1) is 5.92 Å². The van der Waals surface area contributed by atoms with E-state index in [0.717, 1.165) is 11.1 Å². The molecule has 0 spiro atoms. The SMILES string of the molecule is C=C/C=C/[C@@H](C(/C=C\C)=C(/C)C(=C)C)C1(C)C=CC(C)c2ccccc2C(=C)c2ccccc21. The second kappa shape index (κ2) is 10.7. The van der Waals surface area contributed by atoms with Crippen LogP contribution in [0.15, 0.2) is 128 Å². The van der Waals surface area contributed by atoms with Crippen molar-refractivity contribution >= 4 is 5.57 Å². The number of hydrogen-bond acceptors (Lipinski definition) is 0. The van der Waals surface area contributed by atoms with Crippen molar-refractivity contribution in [1.82, 2.24) is 0 Å². The van der Waals surface area contributed by atoms with E-state index < -0.39 is 0 Å². The minimum atomic E-state index is -0.319. The Kier molecular flexibility index (Phi) is 7.94. The van der Waals surface area contributed by atoms with Gasteiger partial charge in [-0.15, -0.1) is 0 Å². The van der Waals surface area contributed by atoms with Crippen molar-refractivity contribution in [2.45, 2.75) is 46.0 Å². The molecule has 3 rings (SSSR count). The molecule has 3 atom stereocenters. The molecule has 0 aliphatic heterocycles. The van der Waals surface area contributed by atoms with Gasteiger partial charge in [0.05, 0.1) is 0 Å². The topological polar surface area (TPSA) is 0 Å². The highest BCUT2D eigenvalue weighted by atomic mass is 14.4. The van der Waals surface area contributed by atoms with E-state index in [1.165, 1.54) is 33.4 Å². The van der Waals surface area contributed by atoms with Gasteiger partial charge in [0.15, 0.2) is 0 Å². The molecule has 0 amide bonds. The van der Waals surface area contributed by atoms with E-state index in [2.05, 4.69) is 139 Å². The molecular formula is C34H38. The second-order valence-electron chi connectivity index (χ2n) is 9.50. The van der Waals surface area contributed by atoms with Gasteiger partial charge in [0.2, 0.25) is 0 Å². The predicted molar refractivity (Wildman–Crippen MR) is 151 cm³/mol. The normalized spacial score (nSPS) is 21.8. The highest BCUT2D eigenvalue weighted by Gasteiger charge is 2.37. The first kappa shape index (κ1) is 25.2. The van der Waals surface area contributed by atoms with Gasteiger partial charge in [-0.25, -0.2) is 0 Å². The van der Waals surface area contributed by atoms with Gasteiger partial charge < -0.3 is 0 Å². The number of rotatable bonds is 6. The Morgan fingerprint density at radius 1 is 1.03 bits per heavy atom. The number of fused-ring (bicyclic) bond motifs is 2. The average molecular weight is 447 g/mol. The molecule has 174 valence electrons. The van der Waals surface area contributed by atoms with Crippen LogP contribution in [-0.4, -0.2) is 0 Å². The third-order valence-corrected chi connectivity index (χ3v) is 7.18. The molecule has 0 saturated heterocycles. The molecule has 0 N–H and O–H groups in total. The Bertz CT molecular complexity index is 1210. The van der Waals surface area contributed by atoms with Crippen LogP contribution >= 0.6 is 0 Å². The molecule has 0 nitrogen and oxygen atoms in total. The van der Waals surface area contributed by atoms with E-state index in [1.807, 2.05) is 6.08 Å². The third kappa shape index (κ3) is 4.77. The minimum absolute atomic E-state index is 0.0806. The molecule has 0 bridgehead atoms. The maximum atomic E-state index is 4.60. The fourth-order valence-corrected chi connectivity index (χ4v) is 5.04. The lowest BCUT2D eigenvalue weighted by Gasteiger charge is -2.38. The van der Waals surface area contributed by atoms with Gasteiger partial charge in [0.25, 0.3) is 0 Å². The van der Waals surface area contributed by atoms with E-state index in [4.69, 9.17) is 0 Å². The summed E-state index contributed by atoms with van der Waals surface area (Å²) in [6.45, 7) is 23.8. The van der Waals surface area contributed by atoms with E-state index in [-0.39, 0.29) is 17.3 Å². The van der Waals surface area contributed by atoms with Crippen molar-refractivity contribution < 1.29 is 0 Å². The van der Waals surface area contributed by atoms with Gasteiger partial charge in [-0.1, -0.05) is 130 Å². The summed E-state index contributed by atoms with van der Waals surface area (Å²) in [5, 5.41) is 0. The molecule has 2 aromatic rings. The lowest BCUT2D eigenvalue weighted by molar-refractivity contribution is 0.484. The maximum absolute atomic E-state index is 4.60. The summed E-state index contributed by atoms with van der Waals surface area (Å²) in [5.74, 6) is 0.346. The van der Waals surface area contributed by atoms with Gasteiger partial charge in [0.1, 0.15) is 0 Å². The fourth-order valence-electron chi connectivity index (χ4n) is 5.04. The molecule has 2 unspecified atom stereocenters. The summed E-state index contributed by atoms with van der Waals surface area (Å²) in [6.07, 6.45) is 15.4. The monoisotopic (exact) mass is 446 g/mol. The third-order valence-electron chi connectivity index (χ3n) is 7.18. The number of hydrogen-bond donors (Lipinski definition) is 0. The smallest absolute Gasteiger partial charge is 0.0213 e. The van der Waals surface area contributed by atoms with Gasteiger partial charge in [-0.2, -0.15) is 0 Å². The average Bonchev–Trinajstić information content (AvgIpc) is 2.88. The highest BCUT2D eigenvalue weighted by molar-refractivity contribution is 5.83. The summed E-state index contributed by atoms with van der Waals surface area (Å²) in [5.41, 5.74) is 9.33. The quantitative estimate of drug-likeness (QED) is 0.306. The zero-order valence-electron chi connectivity index (χ0n) is 21.4. The zero-order chi connectivity index (χ0) is 24.9. The molecule has 0 heteroatoms. The second-order valence-corrected chi connectivity index (χ2v) is 9.50. The lowest BCUT2D eigenvalue weighted by Crippen LogP contribution is -2.32. The summed E-state index contributed by atoms with van der Waals surface area (Å²) >= 11 is 0. The van der Waals surface area contributed by atoms with Crippen molar-refractivity contribution in [3.05, 3.63) is 150 Å². The molecule has 34 heavy (non-hydrogen) atoms. The van der Waals surface area contributed by atoms with E-state index in [1.54, 1.807) is 0 Å². The summed E-state index contributed by atoms with van der Waals surface area (Å²) in [6, 6.07) is 17.4. The Hall–Kier alpha value is -3.38.